The first kappa shape index (κ1) is 9.58. The quantitative estimate of drug-likeness (QED) is 0.848. The summed E-state index contributed by atoms with van der Waals surface area (Å²) >= 11 is 0. The van der Waals surface area contributed by atoms with Gasteiger partial charge in [-0.3, -0.25) is 4.98 Å². The second kappa shape index (κ2) is 4.08. The molecule has 0 unspecified atom stereocenters. The van der Waals surface area contributed by atoms with Gasteiger partial charge in [0, 0.05) is 6.54 Å². The van der Waals surface area contributed by atoms with Gasteiger partial charge in [-0.25, -0.2) is 4.98 Å². The molecule has 0 spiro atoms. The predicted octanol–water partition coefficient (Wildman–Crippen LogP) is 2.84. The van der Waals surface area contributed by atoms with Crippen molar-refractivity contribution < 1.29 is 0 Å². The molecule has 0 amide bonds. The molecule has 1 aromatic carbocycles. The number of nitrogens with zero attached hydrogens (tertiary/aromatic N) is 2. The summed E-state index contributed by atoms with van der Waals surface area (Å²) < 4.78 is 0. The molecule has 1 aliphatic rings. The molecule has 16 heavy (non-hydrogen) atoms. The summed E-state index contributed by atoms with van der Waals surface area (Å²) in [7, 11) is 0. The zero-order valence-electron chi connectivity index (χ0n) is 9.19. The number of fused-ring (bicyclic) bond motifs is 1. The molecule has 0 atom stereocenters. The molecule has 1 fully saturated rings. The van der Waals surface area contributed by atoms with Gasteiger partial charge in [-0.15, -0.1) is 0 Å². The number of benzene rings is 1. The third kappa shape index (κ3) is 2.13. The van der Waals surface area contributed by atoms with Gasteiger partial charge in [-0.2, -0.15) is 0 Å². The summed E-state index contributed by atoms with van der Waals surface area (Å²) in [5.41, 5.74) is 1.91. The smallest absolute Gasteiger partial charge is 0.145 e. The van der Waals surface area contributed by atoms with E-state index in [4.69, 9.17) is 0 Å². The highest BCUT2D eigenvalue weighted by atomic mass is 15.0. The maximum atomic E-state index is 4.52. The van der Waals surface area contributed by atoms with Crippen LogP contribution in [0.4, 0.5) is 5.82 Å². The highest BCUT2D eigenvalue weighted by Gasteiger charge is 2.20. The van der Waals surface area contributed by atoms with Crippen molar-refractivity contribution in [3.8, 4) is 0 Å². The van der Waals surface area contributed by atoms with Crippen LogP contribution in [-0.2, 0) is 0 Å². The van der Waals surface area contributed by atoms with Crippen molar-refractivity contribution in [3.05, 3.63) is 30.5 Å². The Morgan fingerprint density at radius 1 is 1.19 bits per heavy atom. The molecule has 0 radical (unpaired) electrons. The van der Waals surface area contributed by atoms with Crippen molar-refractivity contribution in [1.82, 2.24) is 9.97 Å². The standard InChI is InChI=1S/C13H15N3/c1-2-4-12-11(3-1)15-9-13(16-12)14-8-7-10-5-6-10/h1-4,9-10H,5-8H2,(H,14,16). The van der Waals surface area contributed by atoms with Gasteiger partial charge in [0.2, 0.25) is 0 Å². The van der Waals surface area contributed by atoms with Crippen molar-refractivity contribution in [2.24, 2.45) is 5.92 Å². The van der Waals surface area contributed by atoms with Crippen LogP contribution in [0.2, 0.25) is 0 Å². The van der Waals surface area contributed by atoms with Gasteiger partial charge in [0.25, 0.3) is 0 Å². The van der Waals surface area contributed by atoms with Crippen LogP contribution in [0.15, 0.2) is 30.5 Å². The van der Waals surface area contributed by atoms with Gasteiger partial charge in [0.05, 0.1) is 17.2 Å². The molecular formula is C13H15N3. The number of nitrogens with one attached hydrogen (secondary N) is 1. The van der Waals surface area contributed by atoms with Crippen LogP contribution in [0, 0.1) is 5.92 Å². The maximum absolute atomic E-state index is 4.52. The van der Waals surface area contributed by atoms with Gasteiger partial charge >= 0.3 is 0 Å². The Labute approximate surface area is 94.9 Å². The second-order valence-corrected chi connectivity index (χ2v) is 4.40. The summed E-state index contributed by atoms with van der Waals surface area (Å²) in [5, 5.41) is 3.33. The van der Waals surface area contributed by atoms with Crippen LogP contribution in [0.3, 0.4) is 0 Å². The summed E-state index contributed by atoms with van der Waals surface area (Å²) in [6.45, 7) is 1.01. The Hall–Kier alpha value is -1.64. The summed E-state index contributed by atoms with van der Waals surface area (Å²) in [6.07, 6.45) is 5.89. The normalized spacial score (nSPS) is 15.2. The fraction of sp³-hybridized carbons (Fsp3) is 0.385. The topological polar surface area (TPSA) is 37.8 Å². The zero-order chi connectivity index (χ0) is 10.8. The maximum Gasteiger partial charge on any atom is 0.145 e. The molecule has 1 aromatic heterocycles. The van der Waals surface area contributed by atoms with Crippen molar-refractivity contribution in [3.63, 3.8) is 0 Å². The molecule has 82 valence electrons. The zero-order valence-corrected chi connectivity index (χ0v) is 9.19. The van der Waals surface area contributed by atoms with Gasteiger partial charge in [0.1, 0.15) is 5.82 Å². The predicted molar refractivity (Wildman–Crippen MR) is 65.4 cm³/mol. The SMILES string of the molecule is c1ccc2nc(NCCC3CC3)cnc2c1. The minimum absolute atomic E-state index is 0.888. The van der Waals surface area contributed by atoms with E-state index in [1.807, 2.05) is 30.5 Å². The summed E-state index contributed by atoms with van der Waals surface area (Å²) in [5.74, 6) is 1.85. The highest BCUT2D eigenvalue weighted by Crippen LogP contribution is 2.32. The molecule has 0 saturated heterocycles. The minimum Gasteiger partial charge on any atom is -0.369 e. The number of para-hydroxylation sites is 2. The van der Waals surface area contributed by atoms with Crippen LogP contribution < -0.4 is 5.32 Å². The van der Waals surface area contributed by atoms with E-state index < -0.39 is 0 Å². The third-order valence-corrected chi connectivity index (χ3v) is 3.00. The van der Waals surface area contributed by atoms with Gasteiger partial charge in [-0.05, 0) is 24.5 Å². The van der Waals surface area contributed by atoms with E-state index in [9.17, 15) is 0 Å². The summed E-state index contributed by atoms with van der Waals surface area (Å²) in [6, 6.07) is 7.95. The monoisotopic (exact) mass is 213 g/mol. The Morgan fingerprint density at radius 2 is 2.00 bits per heavy atom. The number of anilines is 1. The first-order chi connectivity index (χ1) is 7.92. The number of hydrogen-bond donors (Lipinski definition) is 1. The Bertz CT molecular complexity index is 491. The molecule has 3 rings (SSSR count). The minimum atomic E-state index is 0.888. The molecule has 1 aliphatic carbocycles. The van der Waals surface area contributed by atoms with Crippen molar-refractivity contribution >= 4 is 16.9 Å². The second-order valence-electron chi connectivity index (χ2n) is 4.40. The van der Waals surface area contributed by atoms with Gasteiger partial charge < -0.3 is 5.32 Å². The van der Waals surface area contributed by atoms with E-state index in [2.05, 4.69) is 15.3 Å². The number of rotatable bonds is 4. The molecule has 0 aliphatic heterocycles. The highest BCUT2D eigenvalue weighted by molar-refractivity contribution is 5.75. The Kier molecular flexibility index (Phi) is 2.44. The number of aromatic nitrogens is 2. The molecule has 3 heteroatoms. The first-order valence-corrected chi connectivity index (χ1v) is 5.87. The van der Waals surface area contributed by atoms with Crippen LogP contribution in [0.1, 0.15) is 19.3 Å². The van der Waals surface area contributed by atoms with Gasteiger partial charge in [0.15, 0.2) is 0 Å². The van der Waals surface area contributed by atoms with Crippen molar-refractivity contribution in [2.45, 2.75) is 19.3 Å². The Morgan fingerprint density at radius 3 is 2.81 bits per heavy atom. The van der Waals surface area contributed by atoms with E-state index in [0.717, 1.165) is 29.3 Å². The molecule has 1 N–H and O–H groups in total. The van der Waals surface area contributed by atoms with Crippen LogP contribution in [0.5, 0.6) is 0 Å². The van der Waals surface area contributed by atoms with E-state index in [1.165, 1.54) is 19.3 Å². The fourth-order valence-corrected chi connectivity index (χ4v) is 1.85. The lowest BCUT2D eigenvalue weighted by Gasteiger charge is -2.05. The van der Waals surface area contributed by atoms with Crippen LogP contribution in [0.25, 0.3) is 11.0 Å². The Balaban J connectivity index is 1.71. The van der Waals surface area contributed by atoms with Crippen LogP contribution in [-0.4, -0.2) is 16.5 Å². The molecule has 2 aromatic rings. The first-order valence-electron chi connectivity index (χ1n) is 5.87. The average Bonchev–Trinajstić information content (AvgIpc) is 3.13. The largest absolute Gasteiger partial charge is 0.369 e. The third-order valence-electron chi connectivity index (χ3n) is 3.00. The lowest BCUT2D eigenvalue weighted by atomic mass is 10.3. The molecule has 1 heterocycles. The van der Waals surface area contributed by atoms with E-state index in [0.29, 0.717) is 0 Å². The van der Waals surface area contributed by atoms with Gasteiger partial charge in [-0.1, -0.05) is 25.0 Å². The average molecular weight is 213 g/mol. The lowest BCUT2D eigenvalue weighted by molar-refractivity contribution is 0.758. The molecule has 3 nitrogen and oxygen atoms in total. The van der Waals surface area contributed by atoms with E-state index in [1.54, 1.807) is 0 Å². The van der Waals surface area contributed by atoms with Crippen molar-refractivity contribution in [1.29, 1.82) is 0 Å². The van der Waals surface area contributed by atoms with Crippen molar-refractivity contribution in [2.75, 3.05) is 11.9 Å². The van der Waals surface area contributed by atoms with E-state index >= 15 is 0 Å². The molecule has 1 saturated carbocycles. The molecule has 0 bridgehead atoms. The number of hydrogen-bond acceptors (Lipinski definition) is 3. The van der Waals surface area contributed by atoms with Crippen LogP contribution >= 0.6 is 0 Å². The fourth-order valence-electron chi connectivity index (χ4n) is 1.85. The van der Waals surface area contributed by atoms with E-state index in [-0.39, 0.29) is 0 Å². The molecular weight excluding hydrogens is 198 g/mol. The lowest BCUT2D eigenvalue weighted by Crippen LogP contribution is -2.04. The summed E-state index contributed by atoms with van der Waals surface area (Å²) in [4.78, 5) is 8.89.